The van der Waals surface area contributed by atoms with E-state index in [0.29, 0.717) is 0 Å². The van der Waals surface area contributed by atoms with Crippen molar-refractivity contribution in [3.05, 3.63) is 89.1 Å². The van der Waals surface area contributed by atoms with Crippen LogP contribution in [0.3, 0.4) is 0 Å². The fraction of sp³-hybridized carbons (Fsp3) is 0.150. The maximum Gasteiger partial charge on any atom is 0.0749 e. The van der Waals surface area contributed by atoms with E-state index in [0.717, 1.165) is 12.1 Å². The van der Waals surface area contributed by atoms with Gasteiger partial charge < -0.3 is 5.73 Å². The van der Waals surface area contributed by atoms with Crippen molar-refractivity contribution in [1.82, 2.24) is 4.98 Å². The van der Waals surface area contributed by atoms with E-state index >= 15 is 0 Å². The molecule has 0 amide bonds. The lowest BCUT2D eigenvalue weighted by Crippen LogP contribution is -2.24. The average molecular weight is 284 g/mol. The second kappa shape index (κ2) is 4.05. The highest BCUT2D eigenvalue weighted by molar-refractivity contribution is 5.82. The molecule has 2 aromatic carbocycles. The van der Waals surface area contributed by atoms with Crippen LogP contribution in [-0.4, -0.2) is 4.98 Å². The van der Waals surface area contributed by atoms with Gasteiger partial charge in [0.25, 0.3) is 0 Å². The maximum absolute atomic E-state index is 6.49. The largest absolute Gasteiger partial charge is 0.324 e. The molecule has 2 N–H and O–H groups in total. The average Bonchev–Trinajstić information content (AvgIpc) is 3.04. The van der Waals surface area contributed by atoms with Crippen LogP contribution >= 0.6 is 0 Å². The van der Waals surface area contributed by atoms with E-state index in [9.17, 15) is 0 Å². The van der Waals surface area contributed by atoms with Crippen LogP contribution in [0.25, 0.3) is 11.3 Å². The zero-order valence-electron chi connectivity index (χ0n) is 12.2. The van der Waals surface area contributed by atoms with Gasteiger partial charge in [0, 0.05) is 17.8 Å². The van der Waals surface area contributed by atoms with Gasteiger partial charge in [-0.15, -0.1) is 0 Å². The smallest absolute Gasteiger partial charge is 0.0749 e. The second-order valence-corrected chi connectivity index (χ2v) is 6.25. The highest BCUT2D eigenvalue weighted by atomic mass is 14.7. The Bertz CT molecular complexity index is 852. The first-order valence-electron chi connectivity index (χ1n) is 7.73. The Kier molecular flexibility index (Phi) is 2.23. The first kappa shape index (κ1) is 12.1. The standard InChI is InChI=1S/C20H16N2/c21-18-12-20(15-8-3-1-6-13(15)18)16-9-4-2-7-14(16)19-17(20)10-5-11-22-19/h1-11,18H,12,21H2. The van der Waals surface area contributed by atoms with Crippen LogP contribution in [0.15, 0.2) is 66.9 Å². The Hall–Kier alpha value is -2.45. The maximum atomic E-state index is 6.49. The van der Waals surface area contributed by atoms with Crippen molar-refractivity contribution >= 4 is 0 Å². The molecule has 0 aliphatic heterocycles. The lowest BCUT2D eigenvalue weighted by molar-refractivity contribution is 0.560. The molecule has 2 atom stereocenters. The summed E-state index contributed by atoms with van der Waals surface area (Å²) in [7, 11) is 0. The van der Waals surface area contributed by atoms with Crippen molar-refractivity contribution in [1.29, 1.82) is 0 Å². The van der Waals surface area contributed by atoms with E-state index in [4.69, 9.17) is 5.73 Å². The number of nitrogens with two attached hydrogens (primary N) is 1. The monoisotopic (exact) mass is 284 g/mol. The summed E-state index contributed by atoms with van der Waals surface area (Å²) in [6.07, 6.45) is 2.80. The van der Waals surface area contributed by atoms with Crippen molar-refractivity contribution in [2.24, 2.45) is 5.73 Å². The van der Waals surface area contributed by atoms with Crippen molar-refractivity contribution in [2.45, 2.75) is 17.9 Å². The molecule has 1 aromatic heterocycles. The quantitative estimate of drug-likeness (QED) is 0.682. The number of nitrogens with zero attached hydrogens (tertiary/aromatic N) is 1. The van der Waals surface area contributed by atoms with E-state index in [-0.39, 0.29) is 11.5 Å². The van der Waals surface area contributed by atoms with Gasteiger partial charge in [-0.1, -0.05) is 54.6 Å². The van der Waals surface area contributed by atoms with Crippen LogP contribution in [0.5, 0.6) is 0 Å². The lowest BCUT2D eigenvalue weighted by atomic mass is 9.73. The third kappa shape index (κ3) is 1.27. The summed E-state index contributed by atoms with van der Waals surface area (Å²) in [5, 5.41) is 0. The summed E-state index contributed by atoms with van der Waals surface area (Å²) in [4.78, 5) is 4.68. The van der Waals surface area contributed by atoms with Crippen LogP contribution < -0.4 is 5.73 Å². The Labute approximate surface area is 129 Å². The van der Waals surface area contributed by atoms with E-state index in [1.807, 2.05) is 12.3 Å². The molecule has 0 saturated carbocycles. The Morgan fingerprint density at radius 1 is 0.864 bits per heavy atom. The van der Waals surface area contributed by atoms with Gasteiger partial charge >= 0.3 is 0 Å². The van der Waals surface area contributed by atoms with E-state index in [1.54, 1.807) is 0 Å². The number of aromatic nitrogens is 1. The van der Waals surface area contributed by atoms with E-state index in [1.165, 1.54) is 27.8 Å². The zero-order chi connectivity index (χ0) is 14.7. The minimum atomic E-state index is -0.129. The molecule has 2 aliphatic rings. The highest BCUT2D eigenvalue weighted by Crippen LogP contribution is 2.59. The third-order valence-electron chi connectivity index (χ3n) is 5.26. The normalized spacial score (nSPS) is 24.1. The first-order chi connectivity index (χ1) is 10.8. The molecule has 3 aromatic rings. The van der Waals surface area contributed by atoms with Crippen LogP contribution in [0, 0.1) is 0 Å². The third-order valence-corrected chi connectivity index (χ3v) is 5.26. The van der Waals surface area contributed by atoms with Gasteiger partial charge in [-0.05, 0) is 34.7 Å². The van der Waals surface area contributed by atoms with Gasteiger partial charge in [-0.3, -0.25) is 4.98 Å². The van der Waals surface area contributed by atoms with Gasteiger partial charge in [0.1, 0.15) is 0 Å². The molecule has 106 valence electrons. The molecule has 22 heavy (non-hydrogen) atoms. The molecule has 2 heteroatoms. The van der Waals surface area contributed by atoms with Gasteiger partial charge in [0.05, 0.1) is 11.1 Å². The van der Waals surface area contributed by atoms with Crippen molar-refractivity contribution < 1.29 is 0 Å². The second-order valence-electron chi connectivity index (χ2n) is 6.25. The van der Waals surface area contributed by atoms with Crippen LogP contribution in [-0.2, 0) is 5.41 Å². The highest BCUT2D eigenvalue weighted by Gasteiger charge is 2.50. The van der Waals surface area contributed by atoms with Crippen LogP contribution in [0.4, 0.5) is 0 Å². The van der Waals surface area contributed by atoms with Crippen molar-refractivity contribution in [3.8, 4) is 11.3 Å². The van der Waals surface area contributed by atoms with E-state index < -0.39 is 0 Å². The van der Waals surface area contributed by atoms with Crippen LogP contribution in [0.2, 0.25) is 0 Å². The summed E-state index contributed by atoms with van der Waals surface area (Å²) >= 11 is 0. The Balaban J connectivity index is 1.94. The minimum absolute atomic E-state index is 0.0791. The molecule has 0 fully saturated rings. The topological polar surface area (TPSA) is 38.9 Å². The SMILES string of the molecule is NC1CC2(c3ccccc3-c3ncccc32)c2ccccc21. The summed E-state index contributed by atoms with van der Waals surface area (Å²) in [5.74, 6) is 0. The number of hydrogen-bond donors (Lipinski definition) is 1. The molecular weight excluding hydrogens is 268 g/mol. The van der Waals surface area contributed by atoms with Gasteiger partial charge in [0.15, 0.2) is 0 Å². The lowest BCUT2D eigenvalue weighted by Gasteiger charge is -2.28. The Morgan fingerprint density at radius 2 is 1.59 bits per heavy atom. The molecule has 2 aliphatic carbocycles. The summed E-state index contributed by atoms with van der Waals surface area (Å²) < 4.78 is 0. The summed E-state index contributed by atoms with van der Waals surface area (Å²) in [5.41, 5.74) is 14.0. The summed E-state index contributed by atoms with van der Waals surface area (Å²) in [6.45, 7) is 0. The molecule has 5 rings (SSSR count). The Morgan fingerprint density at radius 3 is 2.50 bits per heavy atom. The van der Waals surface area contributed by atoms with Crippen LogP contribution in [0.1, 0.15) is 34.7 Å². The van der Waals surface area contributed by atoms with E-state index in [2.05, 4.69) is 59.6 Å². The number of fused-ring (bicyclic) bond motifs is 7. The fourth-order valence-corrected chi connectivity index (χ4v) is 4.44. The number of benzene rings is 2. The minimum Gasteiger partial charge on any atom is -0.324 e. The molecule has 1 heterocycles. The molecule has 0 bridgehead atoms. The molecule has 2 nitrogen and oxygen atoms in total. The molecule has 0 radical (unpaired) electrons. The number of rotatable bonds is 0. The zero-order valence-corrected chi connectivity index (χ0v) is 12.2. The first-order valence-corrected chi connectivity index (χ1v) is 7.73. The van der Waals surface area contributed by atoms with Gasteiger partial charge in [-0.25, -0.2) is 0 Å². The number of pyridine rings is 1. The van der Waals surface area contributed by atoms with Crippen molar-refractivity contribution in [3.63, 3.8) is 0 Å². The number of hydrogen-bond acceptors (Lipinski definition) is 2. The predicted molar refractivity (Wildman–Crippen MR) is 87.5 cm³/mol. The van der Waals surface area contributed by atoms with Gasteiger partial charge in [-0.2, -0.15) is 0 Å². The van der Waals surface area contributed by atoms with Gasteiger partial charge in [0.2, 0.25) is 0 Å². The molecule has 1 spiro atoms. The van der Waals surface area contributed by atoms with Crippen molar-refractivity contribution in [2.75, 3.05) is 0 Å². The molecule has 0 saturated heterocycles. The fourth-order valence-electron chi connectivity index (χ4n) is 4.44. The summed E-state index contributed by atoms with van der Waals surface area (Å²) in [6, 6.07) is 21.6. The molecular formula is C20H16N2. The predicted octanol–water partition coefficient (Wildman–Crippen LogP) is 3.80. The molecule has 2 unspecified atom stereocenters.